The number of benzene rings is 2. The Balaban J connectivity index is 1.63. The number of hydrogen-bond donors (Lipinski definition) is 1. The van der Waals surface area contributed by atoms with E-state index in [-0.39, 0.29) is 4.91 Å². The maximum Gasteiger partial charge on any atom is 0.294 e. The van der Waals surface area contributed by atoms with Crippen LogP contribution < -0.4 is 19.5 Å². The molecular formula is C25H25N3O6S. The fourth-order valence-corrected chi connectivity index (χ4v) is 4.00. The number of rotatable bonds is 11. The second-order valence-corrected chi connectivity index (χ2v) is 8.29. The van der Waals surface area contributed by atoms with Gasteiger partial charge < -0.3 is 19.5 Å². The molecule has 1 aliphatic rings. The molecule has 0 radical (unpaired) electrons. The minimum Gasteiger partial charge on any atom is -0.494 e. The fraction of sp³-hybridized carbons (Fsp3) is 0.280. The van der Waals surface area contributed by atoms with Gasteiger partial charge in [0.25, 0.3) is 11.1 Å². The van der Waals surface area contributed by atoms with Gasteiger partial charge in [-0.2, -0.15) is 5.26 Å². The maximum atomic E-state index is 12.8. The van der Waals surface area contributed by atoms with Crippen molar-refractivity contribution in [1.82, 2.24) is 4.90 Å². The van der Waals surface area contributed by atoms with Crippen LogP contribution in [0, 0.1) is 11.3 Å². The van der Waals surface area contributed by atoms with E-state index in [0.717, 1.165) is 16.7 Å². The highest BCUT2D eigenvalue weighted by Gasteiger charge is 2.36. The molecule has 0 spiro atoms. The van der Waals surface area contributed by atoms with Crippen molar-refractivity contribution in [2.75, 3.05) is 32.2 Å². The van der Waals surface area contributed by atoms with Crippen LogP contribution in [0.4, 0.5) is 10.5 Å². The molecule has 1 N–H and O–H groups in total. The van der Waals surface area contributed by atoms with Crippen molar-refractivity contribution in [1.29, 1.82) is 5.26 Å². The van der Waals surface area contributed by atoms with Crippen molar-refractivity contribution >= 4 is 40.6 Å². The molecule has 3 amide bonds. The lowest BCUT2D eigenvalue weighted by Crippen LogP contribution is -2.36. The summed E-state index contributed by atoms with van der Waals surface area (Å²) in [4.78, 5) is 38.7. The number of nitriles is 1. The van der Waals surface area contributed by atoms with Gasteiger partial charge in [0.05, 0.1) is 31.3 Å². The topological polar surface area (TPSA) is 118 Å². The number of amides is 3. The van der Waals surface area contributed by atoms with Crippen LogP contribution in [-0.4, -0.2) is 48.8 Å². The van der Waals surface area contributed by atoms with E-state index in [2.05, 4.69) is 11.4 Å². The SMILES string of the molecule is CCOc1ccc(NC(=O)CN2C(=O)S/C(=C/c3ccc(OCCCC#N)c(OC)c3)C2=O)cc1. The summed E-state index contributed by atoms with van der Waals surface area (Å²) in [6, 6.07) is 14.0. The summed E-state index contributed by atoms with van der Waals surface area (Å²) >= 11 is 0.769. The van der Waals surface area contributed by atoms with Crippen LogP contribution in [0.15, 0.2) is 47.4 Å². The number of nitrogens with one attached hydrogen (secondary N) is 1. The average molecular weight is 496 g/mol. The van der Waals surface area contributed by atoms with Crippen molar-refractivity contribution in [3.8, 4) is 23.3 Å². The molecule has 1 aliphatic heterocycles. The first-order valence-electron chi connectivity index (χ1n) is 10.9. The van der Waals surface area contributed by atoms with Crippen LogP contribution in [0.1, 0.15) is 25.3 Å². The van der Waals surface area contributed by atoms with Gasteiger partial charge in [-0.3, -0.25) is 19.3 Å². The van der Waals surface area contributed by atoms with Crippen molar-refractivity contribution in [3.05, 3.63) is 52.9 Å². The minimum absolute atomic E-state index is 0.202. The summed E-state index contributed by atoms with van der Waals surface area (Å²) in [5.74, 6) is 0.623. The lowest BCUT2D eigenvalue weighted by atomic mass is 10.2. The number of carbonyl (C=O) groups is 3. The van der Waals surface area contributed by atoms with Gasteiger partial charge in [0.1, 0.15) is 12.3 Å². The molecule has 35 heavy (non-hydrogen) atoms. The third kappa shape index (κ3) is 7.01. The van der Waals surface area contributed by atoms with Gasteiger partial charge in [0, 0.05) is 12.1 Å². The molecule has 10 heteroatoms. The molecule has 1 saturated heterocycles. The first kappa shape index (κ1) is 25.6. The Labute approximate surface area is 207 Å². The van der Waals surface area contributed by atoms with Crippen molar-refractivity contribution in [2.24, 2.45) is 0 Å². The predicted octanol–water partition coefficient (Wildman–Crippen LogP) is 4.45. The van der Waals surface area contributed by atoms with Crippen LogP contribution in [0.5, 0.6) is 17.2 Å². The lowest BCUT2D eigenvalue weighted by Gasteiger charge is -2.13. The molecule has 0 unspecified atom stereocenters. The van der Waals surface area contributed by atoms with E-state index in [0.29, 0.717) is 54.6 Å². The zero-order chi connectivity index (χ0) is 25.2. The number of unbranched alkanes of at least 4 members (excludes halogenated alkanes) is 1. The van der Waals surface area contributed by atoms with Gasteiger partial charge in [-0.25, -0.2) is 0 Å². The van der Waals surface area contributed by atoms with E-state index in [4.69, 9.17) is 19.5 Å². The molecule has 9 nitrogen and oxygen atoms in total. The van der Waals surface area contributed by atoms with Gasteiger partial charge in [-0.15, -0.1) is 0 Å². The normalized spacial score (nSPS) is 14.1. The summed E-state index contributed by atoms with van der Waals surface area (Å²) in [5, 5.41) is 10.8. The third-order valence-electron chi connectivity index (χ3n) is 4.80. The summed E-state index contributed by atoms with van der Waals surface area (Å²) in [6.07, 6.45) is 2.56. The van der Waals surface area contributed by atoms with E-state index in [1.807, 2.05) is 6.92 Å². The van der Waals surface area contributed by atoms with Gasteiger partial charge in [0.2, 0.25) is 5.91 Å². The van der Waals surface area contributed by atoms with Crippen LogP contribution in [-0.2, 0) is 9.59 Å². The number of carbonyl (C=O) groups excluding carboxylic acids is 3. The minimum atomic E-state index is -0.544. The number of hydrogen-bond acceptors (Lipinski definition) is 8. The van der Waals surface area contributed by atoms with Gasteiger partial charge in [0.15, 0.2) is 11.5 Å². The van der Waals surface area contributed by atoms with Crippen LogP contribution in [0.3, 0.4) is 0 Å². The summed E-state index contributed by atoms with van der Waals surface area (Å²) in [7, 11) is 1.50. The Bertz CT molecular complexity index is 1160. The Morgan fingerprint density at radius 3 is 2.60 bits per heavy atom. The number of imide groups is 1. The largest absolute Gasteiger partial charge is 0.494 e. The van der Waals surface area contributed by atoms with E-state index < -0.39 is 23.6 Å². The number of thioether (sulfide) groups is 1. The zero-order valence-electron chi connectivity index (χ0n) is 19.4. The molecule has 0 aliphatic carbocycles. The predicted molar refractivity (Wildman–Crippen MR) is 132 cm³/mol. The molecule has 182 valence electrons. The molecule has 2 aromatic carbocycles. The number of methoxy groups -OCH3 is 1. The summed E-state index contributed by atoms with van der Waals surface area (Å²) < 4.78 is 16.4. The number of ether oxygens (including phenoxy) is 3. The molecule has 0 bridgehead atoms. The highest BCUT2D eigenvalue weighted by atomic mass is 32.2. The highest BCUT2D eigenvalue weighted by molar-refractivity contribution is 8.18. The Morgan fingerprint density at radius 1 is 1.14 bits per heavy atom. The van der Waals surface area contributed by atoms with Crippen LogP contribution in [0.25, 0.3) is 6.08 Å². The van der Waals surface area contributed by atoms with E-state index in [1.54, 1.807) is 48.5 Å². The highest BCUT2D eigenvalue weighted by Crippen LogP contribution is 2.34. The van der Waals surface area contributed by atoms with Crippen molar-refractivity contribution < 1.29 is 28.6 Å². The van der Waals surface area contributed by atoms with Gasteiger partial charge in [-0.05, 0) is 73.1 Å². The quantitative estimate of drug-likeness (QED) is 0.359. The number of anilines is 1. The second kappa shape index (κ2) is 12.5. The third-order valence-corrected chi connectivity index (χ3v) is 5.71. The molecular weight excluding hydrogens is 470 g/mol. The molecule has 2 aromatic rings. The molecule has 1 fully saturated rings. The Morgan fingerprint density at radius 2 is 1.91 bits per heavy atom. The first-order valence-corrected chi connectivity index (χ1v) is 11.7. The monoisotopic (exact) mass is 495 g/mol. The fourth-order valence-electron chi connectivity index (χ4n) is 3.16. The van der Waals surface area contributed by atoms with E-state index in [1.165, 1.54) is 7.11 Å². The maximum absolute atomic E-state index is 12.8. The van der Waals surface area contributed by atoms with Crippen LogP contribution in [0.2, 0.25) is 0 Å². The van der Waals surface area contributed by atoms with Gasteiger partial charge >= 0.3 is 0 Å². The van der Waals surface area contributed by atoms with Gasteiger partial charge in [-0.1, -0.05) is 6.07 Å². The Hall–Kier alpha value is -3.97. The van der Waals surface area contributed by atoms with E-state index >= 15 is 0 Å². The van der Waals surface area contributed by atoms with Crippen LogP contribution >= 0.6 is 11.8 Å². The molecule has 0 aromatic heterocycles. The average Bonchev–Trinajstić information content (AvgIpc) is 3.11. The Kier molecular flexibility index (Phi) is 9.15. The molecule has 0 saturated carbocycles. The smallest absolute Gasteiger partial charge is 0.294 e. The molecule has 1 heterocycles. The molecule has 0 atom stereocenters. The van der Waals surface area contributed by atoms with E-state index in [9.17, 15) is 14.4 Å². The number of nitrogens with zero attached hydrogens (tertiary/aromatic N) is 2. The lowest BCUT2D eigenvalue weighted by molar-refractivity contribution is -0.127. The molecule has 3 rings (SSSR count). The second-order valence-electron chi connectivity index (χ2n) is 7.29. The van der Waals surface area contributed by atoms with Crippen molar-refractivity contribution in [3.63, 3.8) is 0 Å². The summed E-state index contributed by atoms with van der Waals surface area (Å²) in [5.41, 5.74) is 1.17. The summed E-state index contributed by atoms with van der Waals surface area (Å²) in [6.45, 7) is 2.39. The van der Waals surface area contributed by atoms with Crippen molar-refractivity contribution in [2.45, 2.75) is 19.8 Å². The standard InChI is InChI=1S/C25H25N3O6S/c1-3-33-19-9-7-18(8-10-19)27-23(29)16-28-24(30)22(35-25(28)31)15-17-6-11-20(21(14-17)32-2)34-13-5-4-12-26/h6-11,14-15H,3-5,13,16H2,1-2H3,(H,27,29)/b22-15+. The zero-order valence-corrected chi connectivity index (χ0v) is 20.2. The first-order chi connectivity index (χ1) is 16.9.